The van der Waals surface area contributed by atoms with E-state index in [2.05, 4.69) is 12.2 Å². The highest BCUT2D eigenvalue weighted by molar-refractivity contribution is 6.03. The van der Waals surface area contributed by atoms with Crippen molar-refractivity contribution in [3.63, 3.8) is 0 Å². The van der Waals surface area contributed by atoms with Crippen molar-refractivity contribution >= 4 is 23.5 Å². The Morgan fingerprint density at radius 1 is 1.13 bits per heavy atom. The first-order valence-corrected chi connectivity index (χ1v) is 11.8. The standard InChI is InChI=1S/C25H32N2O4/c1-16(25-12-17-9-18(13-25)11-19(10-17)14-25)26-22(28)15-31-24(30)20-5-2-3-6-21(20)27-8-4-7-23(27)29/h2-3,5-6,16-19H,4,7-15H2,1H3,(H,26,28)/t16-,17?,18?,19?,25?/m0/s1. The van der Waals surface area contributed by atoms with Gasteiger partial charge in [0.25, 0.3) is 5.91 Å². The Bertz CT molecular complexity index is 860. The quantitative estimate of drug-likeness (QED) is 0.707. The molecule has 1 heterocycles. The summed E-state index contributed by atoms with van der Waals surface area (Å²) in [5.41, 5.74) is 1.12. The van der Waals surface area contributed by atoms with Crippen molar-refractivity contribution in [3.8, 4) is 0 Å². The highest BCUT2D eigenvalue weighted by atomic mass is 16.5. The van der Waals surface area contributed by atoms with Crippen molar-refractivity contribution in [1.82, 2.24) is 5.32 Å². The number of hydrogen-bond acceptors (Lipinski definition) is 4. The Balaban J connectivity index is 1.19. The van der Waals surface area contributed by atoms with E-state index in [-0.39, 0.29) is 29.9 Å². The number of hydrogen-bond donors (Lipinski definition) is 1. The first-order chi connectivity index (χ1) is 14.9. The zero-order chi connectivity index (χ0) is 21.6. The number of carbonyl (C=O) groups excluding carboxylic acids is 3. The van der Waals surface area contributed by atoms with Gasteiger partial charge >= 0.3 is 5.97 Å². The second kappa shape index (κ2) is 7.95. The predicted molar refractivity (Wildman–Crippen MR) is 117 cm³/mol. The van der Waals surface area contributed by atoms with E-state index in [1.165, 1.54) is 38.5 Å². The van der Waals surface area contributed by atoms with Gasteiger partial charge in [-0.05, 0) is 87.2 Å². The maximum Gasteiger partial charge on any atom is 0.340 e. The predicted octanol–water partition coefficient (Wildman–Crippen LogP) is 3.69. The van der Waals surface area contributed by atoms with Crippen LogP contribution < -0.4 is 10.2 Å². The highest BCUT2D eigenvalue weighted by Gasteiger charge is 2.53. The summed E-state index contributed by atoms with van der Waals surface area (Å²) in [6.45, 7) is 2.44. The summed E-state index contributed by atoms with van der Waals surface area (Å²) in [5, 5.41) is 3.14. The molecule has 1 saturated heterocycles. The van der Waals surface area contributed by atoms with Crippen LogP contribution in [0.3, 0.4) is 0 Å². The van der Waals surface area contributed by atoms with Crippen LogP contribution in [0, 0.1) is 23.2 Å². The summed E-state index contributed by atoms with van der Waals surface area (Å²) in [5.74, 6) is 1.69. The Hall–Kier alpha value is -2.37. The fourth-order valence-corrected chi connectivity index (χ4v) is 7.14. The van der Waals surface area contributed by atoms with E-state index in [0.717, 1.165) is 24.2 Å². The molecule has 6 nitrogen and oxygen atoms in total. The molecule has 5 fully saturated rings. The number of benzene rings is 1. The van der Waals surface area contributed by atoms with Crippen molar-refractivity contribution < 1.29 is 19.1 Å². The van der Waals surface area contributed by atoms with E-state index in [0.29, 0.717) is 24.2 Å². The number of ether oxygens (including phenoxy) is 1. The molecule has 0 aromatic heterocycles. The lowest BCUT2D eigenvalue weighted by molar-refractivity contribution is -0.128. The molecule has 4 bridgehead atoms. The van der Waals surface area contributed by atoms with Crippen LogP contribution in [0.2, 0.25) is 0 Å². The van der Waals surface area contributed by atoms with Crippen LogP contribution in [-0.2, 0) is 14.3 Å². The Kier molecular flexibility index (Phi) is 5.27. The van der Waals surface area contributed by atoms with Crippen LogP contribution in [0.15, 0.2) is 24.3 Å². The van der Waals surface area contributed by atoms with E-state index < -0.39 is 5.97 Å². The first-order valence-electron chi connectivity index (χ1n) is 11.8. The number of amides is 2. The number of esters is 1. The lowest BCUT2D eigenvalue weighted by Crippen LogP contribution is -2.56. The topological polar surface area (TPSA) is 75.7 Å². The monoisotopic (exact) mass is 424 g/mol. The van der Waals surface area contributed by atoms with E-state index in [1.807, 2.05) is 0 Å². The van der Waals surface area contributed by atoms with Gasteiger partial charge in [0.1, 0.15) is 0 Å². The lowest BCUT2D eigenvalue weighted by Gasteiger charge is -2.59. The van der Waals surface area contributed by atoms with Gasteiger partial charge in [0.2, 0.25) is 5.91 Å². The minimum absolute atomic E-state index is 0.0161. The lowest BCUT2D eigenvalue weighted by atomic mass is 9.48. The SMILES string of the molecule is C[C@H](NC(=O)COC(=O)c1ccccc1N1CCCC1=O)C12CC3CC(CC(C3)C1)C2. The molecule has 0 spiro atoms. The summed E-state index contributed by atoms with van der Waals surface area (Å²) in [7, 11) is 0. The number of nitrogens with one attached hydrogen (secondary N) is 1. The zero-order valence-corrected chi connectivity index (χ0v) is 18.3. The molecule has 4 aliphatic carbocycles. The second-order valence-electron chi connectivity index (χ2n) is 10.3. The minimum atomic E-state index is -0.562. The molecule has 0 radical (unpaired) electrons. The van der Waals surface area contributed by atoms with Crippen molar-refractivity contribution in [1.29, 1.82) is 0 Å². The number of carbonyl (C=O) groups is 3. The molecular formula is C25H32N2O4. The molecule has 6 heteroatoms. The molecule has 0 unspecified atom stereocenters. The maximum absolute atomic E-state index is 12.7. The van der Waals surface area contributed by atoms with Crippen LogP contribution in [-0.4, -0.2) is 37.0 Å². The molecular weight excluding hydrogens is 392 g/mol. The number of rotatable bonds is 6. The Morgan fingerprint density at radius 2 is 1.77 bits per heavy atom. The number of anilines is 1. The molecule has 166 valence electrons. The van der Waals surface area contributed by atoms with E-state index in [4.69, 9.17) is 4.74 Å². The van der Waals surface area contributed by atoms with E-state index in [9.17, 15) is 14.4 Å². The van der Waals surface area contributed by atoms with Crippen LogP contribution in [0.1, 0.15) is 68.6 Å². The van der Waals surface area contributed by atoms with Gasteiger partial charge in [-0.1, -0.05) is 12.1 Å². The number of para-hydroxylation sites is 1. The maximum atomic E-state index is 12.7. The van der Waals surface area contributed by atoms with Gasteiger partial charge < -0.3 is 15.0 Å². The molecule has 2 amide bonds. The Labute approximate surface area is 183 Å². The second-order valence-corrected chi connectivity index (χ2v) is 10.3. The third kappa shape index (κ3) is 3.85. The van der Waals surface area contributed by atoms with Crippen LogP contribution >= 0.6 is 0 Å². The van der Waals surface area contributed by atoms with E-state index in [1.54, 1.807) is 29.2 Å². The molecule has 1 N–H and O–H groups in total. The van der Waals surface area contributed by atoms with Gasteiger partial charge in [0.05, 0.1) is 11.3 Å². The van der Waals surface area contributed by atoms with Gasteiger partial charge in [0, 0.05) is 19.0 Å². The van der Waals surface area contributed by atoms with Crippen molar-refractivity contribution in [3.05, 3.63) is 29.8 Å². The minimum Gasteiger partial charge on any atom is -0.452 e. The van der Waals surface area contributed by atoms with Crippen molar-refractivity contribution in [2.24, 2.45) is 23.2 Å². The molecule has 4 saturated carbocycles. The average molecular weight is 425 g/mol. The van der Waals surface area contributed by atoms with Crippen LogP contribution in [0.25, 0.3) is 0 Å². The fraction of sp³-hybridized carbons (Fsp3) is 0.640. The average Bonchev–Trinajstić information content (AvgIpc) is 3.16. The van der Waals surface area contributed by atoms with Gasteiger partial charge in [-0.2, -0.15) is 0 Å². The van der Waals surface area contributed by atoms with E-state index >= 15 is 0 Å². The van der Waals surface area contributed by atoms with Crippen LogP contribution in [0.5, 0.6) is 0 Å². The van der Waals surface area contributed by atoms with Crippen molar-refractivity contribution in [2.75, 3.05) is 18.1 Å². The fourth-order valence-electron chi connectivity index (χ4n) is 7.14. The van der Waals surface area contributed by atoms with Gasteiger partial charge in [-0.3, -0.25) is 9.59 Å². The largest absolute Gasteiger partial charge is 0.452 e. The molecule has 1 aliphatic heterocycles. The van der Waals surface area contributed by atoms with Gasteiger partial charge in [-0.15, -0.1) is 0 Å². The molecule has 1 aromatic rings. The number of nitrogens with zero attached hydrogens (tertiary/aromatic N) is 1. The molecule has 6 rings (SSSR count). The summed E-state index contributed by atoms with van der Waals surface area (Å²) in [6.07, 6.45) is 9.05. The zero-order valence-electron chi connectivity index (χ0n) is 18.3. The molecule has 1 atom stereocenters. The van der Waals surface area contributed by atoms with Gasteiger partial charge in [-0.25, -0.2) is 4.79 Å². The Morgan fingerprint density at radius 3 is 2.39 bits per heavy atom. The third-order valence-corrected chi connectivity index (χ3v) is 8.20. The molecule has 1 aromatic carbocycles. The summed E-state index contributed by atoms with van der Waals surface area (Å²) in [4.78, 5) is 39.1. The third-order valence-electron chi connectivity index (χ3n) is 8.20. The highest BCUT2D eigenvalue weighted by Crippen LogP contribution is 2.61. The van der Waals surface area contributed by atoms with Crippen LogP contribution in [0.4, 0.5) is 5.69 Å². The van der Waals surface area contributed by atoms with Gasteiger partial charge in [0.15, 0.2) is 6.61 Å². The molecule has 31 heavy (non-hydrogen) atoms. The smallest absolute Gasteiger partial charge is 0.340 e. The normalized spacial score (nSPS) is 32.2. The summed E-state index contributed by atoms with van der Waals surface area (Å²) >= 11 is 0. The molecule has 5 aliphatic rings. The van der Waals surface area contributed by atoms with Crippen molar-refractivity contribution in [2.45, 2.75) is 64.3 Å². The summed E-state index contributed by atoms with van der Waals surface area (Å²) < 4.78 is 5.36. The first kappa shape index (κ1) is 20.5. The summed E-state index contributed by atoms with van der Waals surface area (Å²) in [6, 6.07) is 7.06.